The lowest BCUT2D eigenvalue weighted by atomic mass is 10.1. The third-order valence-electron chi connectivity index (χ3n) is 4.22. The highest BCUT2D eigenvalue weighted by atomic mass is 16.5. The van der Waals surface area contributed by atoms with Crippen LogP contribution in [0.2, 0.25) is 0 Å². The van der Waals surface area contributed by atoms with E-state index in [0.29, 0.717) is 24.0 Å². The van der Waals surface area contributed by atoms with Crippen LogP contribution < -0.4 is 0 Å². The minimum atomic E-state index is 0.176. The molecule has 1 atom stereocenters. The van der Waals surface area contributed by atoms with Crippen LogP contribution in [0, 0.1) is 0 Å². The molecule has 1 fully saturated rings. The van der Waals surface area contributed by atoms with Gasteiger partial charge in [0.15, 0.2) is 0 Å². The van der Waals surface area contributed by atoms with Crippen molar-refractivity contribution in [2.45, 2.75) is 32.1 Å². The zero-order valence-electron chi connectivity index (χ0n) is 13.8. The lowest BCUT2D eigenvalue weighted by molar-refractivity contribution is -0.0213. The van der Waals surface area contributed by atoms with E-state index in [9.17, 15) is 0 Å². The summed E-state index contributed by atoms with van der Waals surface area (Å²) in [6.45, 7) is 3.24. The number of H-pyrrole nitrogens is 1. The standard InChI is InChI=1S/C17H20N6O2/c1-3-13(19-5-1)10-23-8-2-4-14(11-23)24-12-16-21-17(22-25-16)15-9-18-6-7-20-15/h1,3,5-7,9,14,19H,2,4,8,10-12H2/t14-/m0/s1. The van der Waals surface area contributed by atoms with Crippen LogP contribution in [0.5, 0.6) is 0 Å². The SMILES string of the molecule is c1c[nH]c(CN2CCC[C@H](OCc3nc(-c4cnccn4)no3)C2)c1. The Morgan fingerprint density at radius 2 is 2.36 bits per heavy atom. The summed E-state index contributed by atoms with van der Waals surface area (Å²) in [6.07, 6.45) is 9.12. The molecule has 4 heterocycles. The van der Waals surface area contributed by atoms with Crippen molar-refractivity contribution in [2.75, 3.05) is 13.1 Å². The topological polar surface area (TPSA) is 93.0 Å². The second-order valence-corrected chi connectivity index (χ2v) is 6.11. The summed E-state index contributed by atoms with van der Waals surface area (Å²) in [7, 11) is 0. The number of aromatic nitrogens is 5. The minimum absolute atomic E-state index is 0.176. The van der Waals surface area contributed by atoms with Gasteiger partial charge in [-0.25, -0.2) is 4.98 Å². The minimum Gasteiger partial charge on any atom is -0.367 e. The quantitative estimate of drug-likeness (QED) is 0.734. The first-order chi connectivity index (χ1) is 12.4. The lowest BCUT2D eigenvalue weighted by Crippen LogP contribution is -2.39. The Morgan fingerprint density at radius 3 is 3.20 bits per heavy atom. The van der Waals surface area contributed by atoms with Gasteiger partial charge >= 0.3 is 0 Å². The first kappa shape index (κ1) is 15.9. The summed E-state index contributed by atoms with van der Waals surface area (Å²) < 4.78 is 11.2. The summed E-state index contributed by atoms with van der Waals surface area (Å²) in [5.74, 6) is 0.894. The summed E-state index contributed by atoms with van der Waals surface area (Å²) in [5.41, 5.74) is 1.82. The Bertz CT molecular complexity index is 774. The molecule has 1 aliphatic heterocycles. The largest absolute Gasteiger partial charge is 0.367 e. The Morgan fingerprint density at radius 1 is 1.36 bits per heavy atom. The van der Waals surface area contributed by atoms with Gasteiger partial charge in [0.1, 0.15) is 12.3 Å². The molecule has 0 radical (unpaired) electrons. The van der Waals surface area contributed by atoms with E-state index in [1.807, 2.05) is 12.3 Å². The molecule has 25 heavy (non-hydrogen) atoms. The van der Waals surface area contributed by atoms with Crippen molar-refractivity contribution in [3.63, 3.8) is 0 Å². The van der Waals surface area contributed by atoms with E-state index in [-0.39, 0.29) is 6.10 Å². The number of rotatable bonds is 6. The normalized spacial score (nSPS) is 18.5. The van der Waals surface area contributed by atoms with Gasteiger partial charge in [-0.1, -0.05) is 5.16 Å². The molecule has 8 nitrogen and oxygen atoms in total. The summed E-state index contributed by atoms with van der Waals surface area (Å²) >= 11 is 0. The fourth-order valence-electron chi connectivity index (χ4n) is 3.02. The van der Waals surface area contributed by atoms with Crippen molar-refractivity contribution in [1.82, 2.24) is 30.0 Å². The number of nitrogens with zero attached hydrogens (tertiary/aromatic N) is 5. The Kier molecular flexibility index (Phi) is 4.80. The molecule has 0 spiro atoms. The van der Waals surface area contributed by atoms with Gasteiger partial charge in [0.2, 0.25) is 5.82 Å². The fraction of sp³-hybridized carbons (Fsp3) is 0.412. The number of aromatic amines is 1. The summed E-state index contributed by atoms with van der Waals surface area (Å²) in [5, 5.41) is 3.93. The molecule has 0 bridgehead atoms. The molecule has 0 aromatic carbocycles. The molecular formula is C17H20N6O2. The van der Waals surface area contributed by atoms with Gasteiger partial charge in [-0.15, -0.1) is 0 Å². The first-order valence-corrected chi connectivity index (χ1v) is 8.42. The second kappa shape index (κ2) is 7.54. The molecule has 0 unspecified atom stereocenters. The third-order valence-corrected chi connectivity index (χ3v) is 4.22. The molecule has 0 amide bonds. The van der Waals surface area contributed by atoms with Crippen LogP contribution in [-0.2, 0) is 17.9 Å². The monoisotopic (exact) mass is 340 g/mol. The highest BCUT2D eigenvalue weighted by Gasteiger charge is 2.21. The Balaban J connectivity index is 1.30. The van der Waals surface area contributed by atoms with Crippen LogP contribution in [0.4, 0.5) is 0 Å². The molecule has 4 rings (SSSR count). The number of hydrogen-bond donors (Lipinski definition) is 1. The fourth-order valence-corrected chi connectivity index (χ4v) is 3.02. The molecule has 0 aliphatic carbocycles. The van der Waals surface area contributed by atoms with E-state index in [1.165, 1.54) is 5.69 Å². The van der Waals surface area contributed by atoms with E-state index >= 15 is 0 Å². The van der Waals surface area contributed by atoms with Crippen molar-refractivity contribution in [3.05, 3.63) is 48.5 Å². The lowest BCUT2D eigenvalue weighted by Gasteiger charge is -2.32. The van der Waals surface area contributed by atoms with Crippen molar-refractivity contribution in [2.24, 2.45) is 0 Å². The van der Waals surface area contributed by atoms with Crippen molar-refractivity contribution in [3.8, 4) is 11.5 Å². The number of ether oxygens (including phenoxy) is 1. The van der Waals surface area contributed by atoms with Gasteiger partial charge in [0, 0.05) is 37.4 Å². The maximum Gasteiger partial charge on any atom is 0.253 e. The van der Waals surface area contributed by atoms with Gasteiger partial charge in [0.05, 0.1) is 12.3 Å². The van der Waals surface area contributed by atoms with Gasteiger partial charge in [-0.2, -0.15) is 4.98 Å². The van der Waals surface area contributed by atoms with Crippen LogP contribution in [0.25, 0.3) is 11.5 Å². The average Bonchev–Trinajstić information content (AvgIpc) is 3.33. The summed E-state index contributed by atoms with van der Waals surface area (Å²) in [4.78, 5) is 18.1. The second-order valence-electron chi connectivity index (χ2n) is 6.11. The van der Waals surface area contributed by atoms with E-state index < -0.39 is 0 Å². The van der Waals surface area contributed by atoms with Crippen molar-refractivity contribution >= 4 is 0 Å². The molecule has 1 saturated heterocycles. The molecule has 1 N–H and O–H groups in total. The van der Waals surface area contributed by atoms with Gasteiger partial charge in [-0.05, 0) is 31.5 Å². The third kappa shape index (κ3) is 4.09. The van der Waals surface area contributed by atoms with Gasteiger partial charge in [0.25, 0.3) is 5.89 Å². The average molecular weight is 340 g/mol. The molecule has 130 valence electrons. The van der Waals surface area contributed by atoms with E-state index in [1.54, 1.807) is 18.6 Å². The Hall–Kier alpha value is -2.58. The van der Waals surface area contributed by atoms with Gasteiger partial charge in [-0.3, -0.25) is 9.88 Å². The van der Waals surface area contributed by atoms with Crippen molar-refractivity contribution in [1.29, 1.82) is 0 Å². The predicted octanol–water partition coefficient (Wildman–Crippen LogP) is 2.04. The van der Waals surface area contributed by atoms with Gasteiger partial charge < -0.3 is 14.2 Å². The first-order valence-electron chi connectivity index (χ1n) is 8.42. The molecule has 3 aromatic heterocycles. The zero-order chi connectivity index (χ0) is 16.9. The van der Waals surface area contributed by atoms with Crippen LogP contribution in [0.3, 0.4) is 0 Å². The maximum atomic E-state index is 5.98. The predicted molar refractivity (Wildman–Crippen MR) is 89.2 cm³/mol. The number of piperidine rings is 1. The molecule has 1 aliphatic rings. The van der Waals surface area contributed by atoms with E-state index in [0.717, 1.165) is 32.5 Å². The van der Waals surface area contributed by atoms with Crippen LogP contribution in [0.15, 0.2) is 41.4 Å². The highest BCUT2D eigenvalue weighted by molar-refractivity contribution is 5.45. The van der Waals surface area contributed by atoms with Crippen LogP contribution in [-0.4, -0.2) is 49.2 Å². The van der Waals surface area contributed by atoms with Crippen LogP contribution >= 0.6 is 0 Å². The van der Waals surface area contributed by atoms with E-state index in [4.69, 9.17) is 9.26 Å². The zero-order valence-corrected chi connectivity index (χ0v) is 13.8. The van der Waals surface area contributed by atoms with Crippen molar-refractivity contribution < 1.29 is 9.26 Å². The van der Waals surface area contributed by atoms with Crippen LogP contribution in [0.1, 0.15) is 24.4 Å². The Labute approximate surface area is 145 Å². The molecule has 0 saturated carbocycles. The molecule has 3 aromatic rings. The number of likely N-dealkylation sites (tertiary alicyclic amines) is 1. The highest BCUT2D eigenvalue weighted by Crippen LogP contribution is 2.17. The summed E-state index contributed by atoms with van der Waals surface area (Å²) in [6, 6.07) is 4.13. The maximum absolute atomic E-state index is 5.98. The number of hydrogen-bond acceptors (Lipinski definition) is 7. The number of nitrogens with one attached hydrogen (secondary N) is 1. The van der Waals surface area contributed by atoms with E-state index in [2.05, 4.69) is 36.1 Å². The molecule has 8 heteroatoms. The molecular weight excluding hydrogens is 320 g/mol. The smallest absolute Gasteiger partial charge is 0.253 e.